The van der Waals surface area contributed by atoms with E-state index in [0.29, 0.717) is 16.8 Å². The molecule has 0 aliphatic rings. The largest absolute Gasteiger partial charge is 0.315 e. The van der Waals surface area contributed by atoms with Gasteiger partial charge in [-0.2, -0.15) is 0 Å². The van der Waals surface area contributed by atoms with Gasteiger partial charge in [0.1, 0.15) is 5.52 Å². The molecule has 0 aliphatic carbocycles. The molecule has 0 atom stereocenters. The number of fused-ring (bicyclic) bond motifs is 3. The maximum absolute atomic E-state index is 11.3. The predicted molar refractivity (Wildman–Crippen MR) is 71.4 cm³/mol. The highest BCUT2D eigenvalue weighted by molar-refractivity contribution is 5.89. The molecular weight excluding hydrogens is 260 g/mol. The zero-order valence-corrected chi connectivity index (χ0v) is 9.91. The van der Waals surface area contributed by atoms with Crippen LogP contribution in [0.25, 0.3) is 33.5 Å². The number of pyridine rings is 2. The SMILES string of the molecule is O=c1[nH]c2nc3cc4cccnc4nc3nc2[nH]c1=O. The van der Waals surface area contributed by atoms with Crippen LogP contribution in [0, 0.1) is 0 Å². The van der Waals surface area contributed by atoms with Gasteiger partial charge in [0.2, 0.25) is 0 Å². The van der Waals surface area contributed by atoms with Crippen LogP contribution < -0.4 is 11.1 Å². The normalized spacial score (nSPS) is 11.4. The summed E-state index contributed by atoms with van der Waals surface area (Å²) in [6.07, 6.45) is 1.63. The number of nitrogens with zero attached hydrogens (tertiary/aromatic N) is 4. The summed E-state index contributed by atoms with van der Waals surface area (Å²) >= 11 is 0. The topological polar surface area (TPSA) is 117 Å². The zero-order chi connectivity index (χ0) is 13.7. The molecule has 0 amide bonds. The molecule has 4 rings (SSSR count). The van der Waals surface area contributed by atoms with Crippen molar-refractivity contribution < 1.29 is 0 Å². The lowest BCUT2D eigenvalue weighted by atomic mass is 10.3. The molecule has 8 heteroatoms. The fraction of sp³-hybridized carbons (Fsp3) is 0. The van der Waals surface area contributed by atoms with E-state index in [2.05, 4.69) is 29.9 Å². The van der Waals surface area contributed by atoms with Crippen molar-refractivity contribution in [3.8, 4) is 0 Å². The first kappa shape index (κ1) is 10.7. The number of hydrogen-bond donors (Lipinski definition) is 2. The van der Waals surface area contributed by atoms with Crippen molar-refractivity contribution in [2.45, 2.75) is 0 Å². The van der Waals surface area contributed by atoms with E-state index in [0.717, 1.165) is 5.39 Å². The Morgan fingerprint density at radius 1 is 0.900 bits per heavy atom. The molecule has 4 aromatic rings. The monoisotopic (exact) mass is 266 g/mol. The highest BCUT2D eigenvalue weighted by Crippen LogP contribution is 2.16. The Bertz CT molecular complexity index is 1010. The van der Waals surface area contributed by atoms with E-state index in [-0.39, 0.29) is 11.3 Å². The fourth-order valence-corrected chi connectivity index (χ4v) is 1.98. The average Bonchev–Trinajstić information content (AvgIpc) is 2.44. The molecule has 0 aromatic carbocycles. The third kappa shape index (κ3) is 1.48. The van der Waals surface area contributed by atoms with Crippen LogP contribution in [0.5, 0.6) is 0 Å². The molecule has 8 nitrogen and oxygen atoms in total. The summed E-state index contributed by atoms with van der Waals surface area (Å²) in [5, 5.41) is 0.820. The van der Waals surface area contributed by atoms with Gasteiger partial charge in [-0.25, -0.2) is 19.9 Å². The first-order valence-corrected chi connectivity index (χ1v) is 5.76. The Balaban J connectivity index is 2.20. The highest BCUT2D eigenvalue weighted by Gasteiger charge is 2.07. The van der Waals surface area contributed by atoms with Crippen molar-refractivity contribution >= 4 is 33.5 Å². The van der Waals surface area contributed by atoms with Crippen molar-refractivity contribution in [1.82, 2.24) is 29.9 Å². The Labute approximate surface area is 109 Å². The molecular formula is C12H6N6O2. The van der Waals surface area contributed by atoms with Gasteiger partial charge in [-0.3, -0.25) is 19.6 Å². The van der Waals surface area contributed by atoms with Crippen LogP contribution in [0.1, 0.15) is 0 Å². The minimum absolute atomic E-state index is 0.185. The van der Waals surface area contributed by atoms with Crippen LogP contribution in [0.4, 0.5) is 0 Å². The number of H-pyrrole nitrogens is 2. The summed E-state index contributed by atoms with van der Waals surface area (Å²) in [5.74, 6) is 0. The first-order chi connectivity index (χ1) is 9.70. The van der Waals surface area contributed by atoms with E-state index in [1.807, 2.05) is 6.07 Å². The van der Waals surface area contributed by atoms with Crippen molar-refractivity contribution in [1.29, 1.82) is 0 Å². The molecule has 0 saturated carbocycles. The van der Waals surface area contributed by atoms with Gasteiger partial charge in [-0.1, -0.05) is 0 Å². The lowest BCUT2D eigenvalue weighted by Gasteiger charge is -2.01. The summed E-state index contributed by atoms with van der Waals surface area (Å²) in [6, 6.07) is 5.43. The third-order valence-electron chi connectivity index (χ3n) is 2.89. The molecule has 0 spiro atoms. The summed E-state index contributed by atoms with van der Waals surface area (Å²) in [6.45, 7) is 0. The maximum atomic E-state index is 11.3. The zero-order valence-electron chi connectivity index (χ0n) is 9.91. The Morgan fingerprint density at radius 2 is 1.65 bits per heavy atom. The Kier molecular flexibility index (Phi) is 1.97. The standard InChI is InChI=1S/C12H6N6O2/c19-11-12(20)18-10-9(17-11)14-6-4-5-2-1-3-13-7(5)15-8(6)16-10/h1-4H,(H,14,17,19)(H,13,15,16,18,20). The van der Waals surface area contributed by atoms with E-state index in [1.54, 1.807) is 18.3 Å². The molecule has 4 aromatic heterocycles. The van der Waals surface area contributed by atoms with Crippen molar-refractivity contribution in [3.05, 3.63) is 45.1 Å². The van der Waals surface area contributed by atoms with E-state index in [1.165, 1.54) is 0 Å². The Hall–Kier alpha value is -3.16. The van der Waals surface area contributed by atoms with E-state index in [4.69, 9.17) is 0 Å². The van der Waals surface area contributed by atoms with Gasteiger partial charge in [-0.15, -0.1) is 0 Å². The van der Waals surface area contributed by atoms with Gasteiger partial charge in [0.15, 0.2) is 22.6 Å². The van der Waals surface area contributed by atoms with Crippen LogP contribution in [-0.4, -0.2) is 29.9 Å². The fourth-order valence-electron chi connectivity index (χ4n) is 1.98. The summed E-state index contributed by atoms with van der Waals surface area (Å²) in [4.78, 5) is 44.2. The quantitative estimate of drug-likeness (QED) is 0.344. The van der Waals surface area contributed by atoms with E-state index in [9.17, 15) is 9.59 Å². The molecule has 0 unspecified atom stereocenters. The third-order valence-corrected chi connectivity index (χ3v) is 2.89. The van der Waals surface area contributed by atoms with Crippen LogP contribution in [0.15, 0.2) is 34.0 Å². The lowest BCUT2D eigenvalue weighted by Crippen LogP contribution is -2.29. The smallest absolute Gasteiger partial charge is 0.299 e. The summed E-state index contributed by atoms with van der Waals surface area (Å²) in [5.41, 5.74) is 0.274. The number of aromatic nitrogens is 6. The van der Waals surface area contributed by atoms with Crippen LogP contribution in [0.2, 0.25) is 0 Å². The van der Waals surface area contributed by atoms with Crippen LogP contribution >= 0.6 is 0 Å². The second-order valence-electron chi connectivity index (χ2n) is 4.21. The number of hydrogen-bond acceptors (Lipinski definition) is 6. The van der Waals surface area contributed by atoms with Gasteiger partial charge in [0.25, 0.3) is 0 Å². The van der Waals surface area contributed by atoms with Crippen LogP contribution in [-0.2, 0) is 0 Å². The molecule has 0 aliphatic heterocycles. The van der Waals surface area contributed by atoms with E-state index >= 15 is 0 Å². The molecule has 4 heterocycles. The van der Waals surface area contributed by atoms with Gasteiger partial charge >= 0.3 is 11.1 Å². The molecule has 2 N–H and O–H groups in total. The molecule has 96 valence electrons. The predicted octanol–water partition coefficient (Wildman–Crippen LogP) is 0.103. The number of rotatable bonds is 0. The molecule has 0 bridgehead atoms. The minimum Gasteiger partial charge on any atom is -0.299 e. The number of nitrogens with one attached hydrogen (secondary N) is 2. The van der Waals surface area contributed by atoms with Crippen molar-refractivity contribution in [2.24, 2.45) is 0 Å². The average molecular weight is 266 g/mol. The van der Waals surface area contributed by atoms with Crippen LogP contribution in [0.3, 0.4) is 0 Å². The summed E-state index contributed by atoms with van der Waals surface area (Å²) in [7, 11) is 0. The van der Waals surface area contributed by atoms with Gasteiger partial charge < -0.3 is 0 Å². The van der Waals surface area contributed by atoms with E-state index < -0.39 is 11.1 Å². The van der Waals surface area contributed by atoms with Crippen molar-refractivity contribution in [2.75, 3.05) is 0 Å². The minimum atomic E-state index is -0.773. The highest BCUT2D eigenvalue weighted by atomic mass is 16.2. The molecule has 0 fully saturated rings. The van der Waals surface area contributed by atoms with Crippen molar-refractivity contribution in [3.63, 3.8) is 0 Å². The lowest BCUT2D eigenvalue weighted by molar-refractivity contribution is 1.09. The molecule has 0 saturated heterocycles. The second kappa shape index (κ2) is 3.67. The van der Waals surface area contributed by atoms with Gasteiger partial charge in [-0.05, 0) is 18.2 Å². The second-order valence-corrected chi connectivity index (χ2v) is 4.21. The van der Waals surface area contributed by atoms with Gasteiger partial charge in [0, 0.05) is 11.6 Å². The molecule has 20 heavy (non-hydrogen) atoms. The molecule has 0 radical (unpaired) electrons. The Morgan fingerprint density at radius 3 is 2.45 bits per heavy atom. The first-order valence-electron chi connectivity index (χ1n) is 5.76. The summed E-state index contributed by atoms with van der Waals surface area (Å²) < 4.78 is 0. The number of aromatic amines is 2. The van der Waals surface area contributed by atoms with Gasteiger partial charge in [0.05, 0.1) is 0 Å². The maximum Gasteiger partial charge on any atom is 0.315 e.